The fourth-order valence-electron chi connectivity index (χ4n) is 3.03. The van der Waals surface area contributed by atoms with E-state index in [1.807, 2.05) is 39.0 Å². The summed E-state index contributed by atoms with van der Waals surface area (Å²) in [6, 6.07) is 6.65. The monoisotopic (exact) mass is 358 g/mol. The minimum Gasteiger partial charge on any atom is -0.497 e. The van der Waals surface area contributed by atoms with Crippen molar-refractivity contribution < 1.29 is 14.6 Å². The molecule has 0 aliphatic heterocycles. The highest BCUT2D eigenvalue weighted by molar-refractivity contribution is 5.94. The molecule has 1 aromatic heterocycles. The van der Waals surface area contributed by atoms with Crippen LogP contribution in [-0.2, 0) is 4.79 Å². The summed E-state index contributed by atoms with van der Waals surface area (Å²) in [5, 5.41) is 21.4. The maximum atomic E-state index is 13.0. The molecule has 3 rings (SSSR count). The van der Waals surface area contributed by atoms with E-state index < -0.39 is 17.6 Å². The molecule has 140 valence electrons. The van der Waals surface area contributed by atoms with Crippen LogP contribution >= 0.6 is 0 Å². The molecule has 2 aromatic rings. The molecular formula is C19H26N4O3. The van der Waals surface area contributed by atoms with Crippen molar-refractivity contribution in [3.05, 3.63) is 36.2 Å². The second-order valence-corrected chi connectivity index (χ2v) is 7.90. The molecule has 1 amide bonds. The van der Waals surface area contributed by atoms with Crippen molar-refractivity contribution in [2.45, 2.75) is 45.8 Å². The molecule has 0 spiro atoms. The first kappa shape index (κ1) is 18.4. The molecule has 1 aliphatic rings. The van der Waals surface area contributed by atoms with Crippen LogP contribution in [0.15, 0.2) is 30.5 Å². The van der Waals surface area contributed by atoms with E-state index in [4.69, 9.17) is 4.74 Å². The number of aromatic nitrogens is 3. The van der Waals surface area contributed by atoms with E-state index >= 15 is 0 Å². The van der Waals surface area contributed by atoms with Crippen molar-refractivity contribution in [2.75, 3.05) is 12.4 Å². The van der Waals surface area contributed by atoms with Crippen LogP contribution in [0, 0.1) is 11.3 Å². The molecule has 0 saturated heterocycles. The fourth-order valence-corrected chi connectivity index (χ4v) is 3.03. The highest BCUT2D eigenvalue weighted by atomic mass is 16.5. The first-order valence-electron chi connectivity index (χ1n) is 8.84. The predicted octanol–water partition coefficient (Wildman–Crippen LogP) is 2.96. The zero-order valence-electron chi connectivity index (χ0n) is 15.6. The van der Waals surface area contributed by atoms with Gasteiger partial charge in [0.05, 0.1) is 13.3 Å². The highest BCUT2D eigenvalue weighted by Crippen LogP contribution is 2.40. The summed E-state index contributed by atoms with van der Waals surface area (Å²) in [6.07, 6.45) is 3.09. The minimum atomic E-state index is -0.606. The van der Waals surface area contributed by atoms with Gasteiger partial charge in [-0.2, -0.15) is 0 Å². The second-order valence-electron chi connectivity index (χ2n) is 7.90. The van der Waals surface area contributed by atoms with E-state index in [1.165, 1.54) is 0 Å². The number of nitrogens with one attached hydrogen (secondary N) is 1. The summed E-state index contributed by atoms with van der Waals surface area (Å²) in [5.74, 6) is 0.743. The lowest BCUT2D eigenvalue weighted by atomic mass is 9.86. The Kier molecular flexibility index (Phi) is 5.00. The average Bonchev–Trinajstić information content (AvgIpc) is 3.32. The second kappa shape index (κ2) is 7.07. The van der Waals surface area contributed by atoms with Crippen LogP contribution in [0.2, 0.25) is 0 Å². The van der Waals surface area contributed by atoms with E-state index in [0.717, 1.165) is 12.8 Å². The molecule has 2 N–H and O–H groups in total. The Morgan fingerprint density at radius 2 is 2.12 bits per heavy atom. The number of rotatable bonds is 6. The Morgan fingerprint density at radius 1 is 1.38 bits per heavy atom. The third-order valence-electron chi connectivity index (χ3n) is 4.57. The fraction of sp³-hybridized carbons (Fsp3) is 0.526. The van der Waals surface area contributed by atoms with Gasteiger partial charge in [-0.05, 0) is 36.3 Å². The topological polar surface area (TPSA) is 89.3 Å². The number of hydrogen-bond donors (Lipinski definition) is 2. The lowest BCUT2D eigenvalue weighted by Gasteiger charge is -2.29. The number of methoxy groups -OCH3 is 1. The van der Waals surface area contributed by atoms with Crippen LogP contribution in [0.1, 0.15) is 51.5 Å². The van der Waals surface area contributed by atoms with E-state index in [9.17, 15) is 9.90 Å². The van der Waals surface area contributed by atoms with Crippen LogP contribution in [0.4, 0.5) is 5.69 Å². The third-order valence-corrected chi connectivity index (χ3v) is 4.57. The standard InChI is InChI=1S/C19H26N4O3/c1-19(2,3)17(18(25)20-13-6-5-7-14(10-13)26-4)23-11-15(21-22-23)16(24)12-8-9-12/h5-7,10-12,16-17,24H,8-9H2,1-4H3,(H,20,25)/t16-,17?/m1/s1. The summed E-state index contributed by atoms with van der Waals surface area (Å²) < 4.78 is 6.75. The van der Waals surface area contributed by atoms with E-state index in [1.54, 1.807) is 24.1 Å². The number of nitrogens with zero attached hydrogens (tertiary/aromatic N) is 3. The molecule has 1 aromatic carbocycles. The van der Waals surface area contributed by atoms with Crippen molar-refractivity contribution in [3.63, 3.8) is 0 Å². The van der Waals surface area contributed by atoms with Crippen molar-refractivity contribution in [3.8, 4) is 5.75 Å². The average molecular weight is 358 g/mol. The Balaban J connectivity index is 1.82. The molecule has 7 heteroatoms. The molecule has 26 heavy (non-hydrogen) atoms. The lowest BCUT2D eigenvalue weighted by Crippen LogP contribution is -2.36. The van der Waals surface area contributed by atoms with E-state index in [0.29, 0.717) is 17.1 Å². The Labute approximate surface area is 153 Å². The maximum absolute atomic E-state index is 13.0. The van der Waals surface area contributed by atoms with Crippen molar-refractivity contribution in [2.24, 2.45) is 11.3 Å². The molecule has 1 saturated carbocycles. The van der Waals surface area contributed by atoms with Crippen LogP contribution in [0.25, 0.3) is 0 Å². The predicted molar refractivity (Wildman–Crippen MR) is 97.8 cm³/mol. The summed E-state index contributed by atoms with van der Waals surface area (Å²) in [6.45, 7) is 5.92. The highest BCUT2D eigenvalue weighted by Gasteiger charge is 2.37. The van der Waals surface area contributed by atoms with Crippen molar-refractivity contribution in [1.82, 2.24) is 15.0 Å². The SMILES string of the molecule is COc1cccc(NC(=O)C(n2cc([C@H](O)C3CC3)nn2)C(C)(C)C)c1. The normalized spacial score (nSPS) is 16.8. The molecule has 1 unspecified atom stereocenters. The third kappa shape index (κ3) is 4.04. The largest absolute Gasteiger partial charge is 0.497 e. The van der Waals surface area contributed by atoms with Gasteiger partial charge in [-0.25, -0.2) is 4.68 Å². The number of carbonyl (C=O) groups excluding carboxylic acids is 1. The number of anilines is 1. The number of ether oxygens (including phenoxy) is 1. The quantitative estimate of drug-likeness (QED) is 0.829. The Hall–Kier alpha value is -2.41. The van der Waals surface area contributed by atoms with Crippen LogP contribution in [0.5, 0.6) is 5.75 Å². The molecule has 1 heterocycles. The Morgan fingerprint density at radius 3 is 2.73 bits per heavy atom. The molecule has 1 fully saturated rings. The number of aliphatic hydroxyl groups is 1. The molecule has 0 radical (unpaired) electrons. The van der Waals surface area contributed by atoms with Gasteiger partial charge in [-0.1, -0.05) is 32.1 Å². The van der Waals surface area contributed by atoms with Crippen molar-refractivity contribution in [1.29, 1.82) is 0 Å². The van der Waals surface area contributed by atoms with Crippen LogP contribution < -0.4 is 10.1 Å². The summed E-state index contributed by atoms with van der Waals surface area (Å²) in [5.41, 5.74) is 0.788. The van der Waals surface area contributed by atoms with Crippen molar-refractivity contribution >= 4 is 11.6 Å². The van der Waals surface area contributed by atoms with Gasteiger partial charge in [0, 0.05) is 11.8 Å². The maximum Gasteiger partial charge on any atom is 0.249 e. The van der Waals surface area contributed by atoms with Crippen LogP contribution in [0.3, 0.4) is 0 Å². The minimum absolute atomic E-state index is 0.192. The smallest absolute Gasteiger partial charge is 0.249 e. The van der Waals surface area contributed by atoms with Gasteiger partial charge >= 0.3 is 0 Å². The van der Waals surface area contributed by atoms with Gasteiger partial charge in [0.2, 0.25) is 5.91 Å². The number of aliphatic hydroxyl groups excluding tert-OH is 1. The zero-order chi connectivity index (χ0) is 18.9. The molecular weight excluding hydrogens is 332 g/mol. The number of hydrogen-bond acceptors (Lipinski definition) is 5. The van der Waals surface area contributed by atoms with Gasteiger partial charge in [-0.3, -0.25) is 4.79 Å². The zero-order valence-corrected chi connectivity index (χ0v) is 15.6. The molecule has 7 nitrogen and oxygen atoms in total. The van der Waals surface area contributed by atoms with E-state index in [-0.39, 0.29) is 11.8 Å². The number of benzene rings is 1. The van der Waals surface area contributed by atoms with Gasteiger partial charge in [-0.15, -0.1) is 5.10 Å². The Bertz CT molecular complexity index is 777. The summed E-state index contributed by atoms with van der Waals surface area (Å²) >= 11 is 0. The molecule has 1 aliphatic carbocycles. The lowest BCUT2D eigenvalue weighted by molar-refractivity contribution is -0.122. The van der Waals surface area contributed by atoms with Gasteiger partial charge in [0.15, 0.2) is 0 Å². The first-order valence-corrected chi connectivity index (χ1v) is 8.84. The van der Waals surface area contributed by atoms with Gasteiger partial charge < -0.3 is 15.2 Å². The van der Waals surface area contributed by atoms with Crippen LogP contribution in [-0.4, -0.2) is 33.1 Å². The van der Waals surface area contributed by atoms with Gasteiger partial charge in [0.1, 0.15) is 23.6 Å². The van der Waals surface area contributed by atoms with Gasteiger partial charge in [0.25, 0.3) is 0 Å². The molecule has 0 bridgehead atoms. The number of carbonyl (C=O) groups is 1. The first-order chi connectivity index (χ1) is 12.3. The summed E-state index contributed by atoms with van der Waals surface area (Å²) in [7, 11) is 1.58. The number of amides is 1. The molecule has 2 atom stereocenters. The summed E-state index contributed by atoms with van der Waals surface area (Å²) in [4.78, 5) is 13.0. The van der Waals surface area contributed by atoms with E-state index in [2.05, 4.69) is 15.6 Å².